The second-order valence-corrected chi connectivity index (χ2v) is 4.41. The van der Waals surface area contributed by atoms with Crippen molar-refractivity contribution in [1.29, 1.82) is 5.26 Å². The topological polar surface area (TPSA) is 42.2 Å². The summed E-state index contributed by atoms with van der Waals surface area (Å²) in [6.45, 7) is 3.36. The van der Waals surface area contributed by atoms with Crippen molar-refractivity contribution >= 4 is 0 Å². The van der Waals surface area contributed by atoms with E-state index in [-0.39, 0.29) is 6.10 Å². The Morgan fingerprint density at radius 3 is 3.06 bits per heavy atom. The van der Waals surface area contributed by atoms with Crippen molar-refractivity contribution in [3.05, 3.63) is 29.3 Å². The molecule has 17 heavy (non-hydrogen) atoms. The summed E-state index contributed by atoms with van der Waals surface area (Å²) in [7, 11) is 0. The highest BCUT2D eigenvalue weighted by Gasteiger charge is 2.15. The van der Waals surface area contributed by atoms with Gasteiger partial charge in [-0.05, 0) is 43.9 Å². The lowest BCUT2D eigenvalue weighted by Gasteiger charge is -2.22. The van der Waals surface area contributed by atoms with Crippen LogP contribution in [0.1, 0.15) is 30.4 Å². The van der Waals surface area contributed by atoms with Crippen LogP contribution in [0.15, 0.2) is 18.2 Å². The maximum Gasteiger partial charge on any atom is 0.137 e. The van der Waals surface area contributed by atoms with Gasteiger partial charge in [-0.2, -0.15) is 5.26 Å². The van der Waals surface area contributed by atoms with Crippen molar-refractivity contribution in [2.75, 3.05) is 13.2 Å². The first kappa shape index (κ1) is 11.9. The average molecular weight is 231 g/mol. The molecule has 1 saturated heterocycles. The summed E-state index contributed by atoms with van der Waals surface area (Å²) in [5.41, 5.74) is 1.69. The third-order valence-electron chi connectivity index (χ3n) is 2.96. The van der Waals surface area contributed by atoms with Crippen molar-refractivity contribution in [2.24, 2.45) is 0 Å². The Kier molecular flexibility index (Phi) is 4.00. The SMILES string of the molecule is Cc1ccc(C#N)c(OCC2CCCCO2)c1. The molecule has 3 nitrogen and oxygen atoms in total. The lowest BCUT2D eigenvalue weighted by Crippen LogP contribution is -2.25. The molecule has 0 saturated carbocycles. The van der Waals surface area contributed by atoms with Gasteiger partial charge in [0.2, 0.25) is 0 Å². The monoisotopic (exact) mass is 231 g/mol. The Morgan fingerprint density at radius 2 is 2.35 bits per heavy atom. The fourth-order valence-electron chi connectivity index (χ4n) is 1.96. The molecule has 0 N–H and O–H groups in total. The minimum Gasteiger partial charge on any atom is -0.489 e. The van der Waals surface area contributed by atoms with Gasteiger partial charge in [-0.3, -0.25) is 0 Å². The van der Waals surface area contributed by atoms with Gasteiger partial charge in [0.15, 0.2) is 0 Å². The number of ether oxygens (including phenoxy) is 2. The summed E-state index contributed by atoms with van der Waals surface area (Å²) in [4.78, 5) is 0. The molecule has 0 aliphatic carbocycles. The fourth-order valence-corrected chi connectivity index (χ4v) is 1.96. The first-order valence-electron chi connectivity index (χ1n) is 6.05. The van der Waals surface area contributed by atoms with Crippen molar-refractivity contribution in [3.63, 3.8) is 0 Å². The van der Waals surface area contributed by atoms with Crippen LogP contribution in [0.25, 0.3) is 0 Å². The van der Waals surface area contributed by atoms with E-state index in [4.69, 9.17) is 14.7 Å². The van der Waals surface area contributed by atoms with E-state index in [9.17, 15) is 0 Å². The van der Waals surface area contributed by atoms with E-state index in [2.05, 4.69) is 6.07 Å². The molecule has 1 aromatic carbocycles. The molecule has 1 fully saturated rings. The Morgan fingerprint density at radius 1 is 1.47 bits per heavy atom. The van der Waals surface area contributed by atoms with Gasteiger partial charge in [-0.15, -0.1) is 0 Å². The molecule has 1 unspecified atom stereocenters. The highest BCUT2D eigenvalue weighted by Crippen LogP contribution is 2.21. The average Bonchev–Trinajstić information content (AvgIpc) is 2.38. The summed E-state index contributed by atoms with van der Waals surface area (Å²) >= 11 is 0. The molecule has 1 atom stereocenters. The molecule has 90 valence electrons. The number of hydrogen-bond acceptors (Lipinski definition) is 3. The molecule has 1 aliphatic heterocycles. The maximum atomic E-state index is 8.99. The number of hydrogen-bond donors (Lipinski definition) is 0. The van der Waals surface area contributed by atoms with Crippen molar-refractivity contribution in [2.45, 2.75) is 32.3 Å². The van der Waals surface area contributed by atoms with Crippen LogP contribution in [-0.2, 0) is 4.74 Å². The third-order valence-corrected chi connectivity index (χ3v) is 2.96. The van der Waals surface area contributed by atoms with E-state index >= 15 is 0 Å². The van der Waals surface area contributed by atoms with Gasteiger partial charge in [-0.1, -0.05) is 6.07 Å². The van der Waals surface area contributed by atoms with Crippen LogP contribution in [0.4, 0.5) is 0 Å². The highest BCUT2D eigenvalue weighted by molar-refractivity contribution is 5.44. The van der Waals surface area contributed by atoms with Gasteiger partial charge >= 0.3 is 0 Å². The van der Waals surface area contributed by atoms with Gasteiger partial charge in [0.1, 0.15) is 18.4 Å². The summed E-state index contributed by atoms with van der Waals surface area (Å²) in [5, 5.41) is 8.99. The van der Waals surface area contributed by atoms with Crippen LogP contribution in [-0.4, -0.2) is 19.3 Å². The zero-order chi connectivity index (χ0) is 12.1. The van der Waals surface area contributed by atoms with E-state index in [1.807, 2.05) is 19.1 Å². The van der Waals surface area contributed by atoms with E-state index in [1.165, 1.54) is 6.42 Å². The van der Waals surface area contributed by atoms with Crippen LogP contribution >= 0.6 is 0 Å². The maximum absolute atomic E-state index is 8.99. The number of nitrogens with zero attached hydrogens (tertiary/aromatic N) is 1. The molecular weight excluding hydrogens is 214 g/mol. The Balaban J connectivity index is 1.98. The third kappa shape index (κ3) is 3.21. The van der Waals surface area contributed by atoms with Gasteiger partial charge < -0.3 is 9.47 Å². The number of aryl methyl sites for hydroxylation is 1. The van der Waals surface area contributed by atoms with E-state index in [0.717, 1.165) is 25.0 Å². The normalized spacial score (nSPS) is 19.6. The Labute approximate surface area is 102 Å². The smallest absolute Gasteiger partial charge is 0.137 e. The van der Waals surface area contributed by atoms with Crippen LogP contribution in [0.2, 0.25) is 0 Å². The van der Waals surface area contributed by atoms with Gasteiger partial charge in [0.25, 0.3) is 0 Å². The molecule has 3 heteroatoms. The van der Waals surface area contributed by atoms with Crippen LogP contribution in [0.3, 0.4) is 0 Å². The summed E-state index contributed by atoms with van der Waals surface area (Å²) < 4.78 is 11.3. The zero-order valence-electron chi connectivity index (χ0n) is 10.1. The second kappa shape index (κ2) is 5.70. The van der Waals surface area contributed by atoms with Gasteiger partial charge in [0, 0.05) is 6.61 Å². The second-order valence-electron chi connectivity index (χ2n) is 4.41. The standard InChI is InChI=1S/C14H17NO2/c1-11-5-6-12(9-15)14(8-11)17-10-13-4-2-3-7-16-13/h5-6,8,13H,2-4,7,10H2,1H3. The van der Waals surface area contributed by atoms with Crippen LogP contribution < -0.4 is 4.74 Å². The van der Waals surface area contributed by atoms with Crippen molar-refractivity contribution < 1.29 is 9.47 Å². The first-order valence-corrected chi connectivity index (χ1v) is 6.05. The van der Waals surface area contributed by atoms with Crippen molar-refractivity contribution in [3.8, 4) is 11.8 Å². The molecular formula is C14H17NO2. The first-order chi connectivity index (χ1) is 8.29. The predicted octanol–water partition coefficient (Wildman–Crippen LogP) is 2.81. The minimum absolute atomic E-state index is 0.177. The number of benzene rings is 1. The van der Waals surface area contributed by atoms with Crippen LogP contribution in [0.5, 0.6) is 5.75 Å². The Hall–Kier alpha value is -1.53. The van der Waals surface area contributed by atoms with Gasteiger partial charge in [-0.25, -0.2) is 0 Å². The molecule has 0 bridgehead atoms. The fraction of sp³-hybridized carbons (Fsp3) is 0.500. The molecule has 1 heterocycles. The molecule has 1 aromatic rings. The molecule has 0 radical (unpaired) electrons. The summed E-state index contributed by atoms with van der Waals surface area (Å²) in [6, 6.07) is 7.77. The van der Waals surface area contributed by atoms with E-state index in [0.29, 0.717) is 17.9 Å². The molecule has 0 aromatic heterocycles. The summed E-state index contributed by atoms with van der Waals surface area (Å²) in [5.74, 6) is 0.668. The number of nitriles is 1. The quantitative estimate of drug-likeness (QED) is 0.803. The Bertz CT molecular complexity index is 417. The zero-order valence-corrected chi connectivity index (χ0v) is 10.1. The number of rotatable bonds is 3. The van der Waals surface area contributed by atoms with Gasteiger partial charge in [0.05, 0.1) is 11.7 Å². The summed E-state index contributed by atoms with van der Waals surface area (Å²) in [6.07, 6.45) is 3.57. The largest absolute Gasteiger partial charge is 0.489 e. The molecule has 0 amide bonds. The molecule has 1 aliphatic rings. The van der Waals surface area contributed by atoms with Crippen LogP contribution in [0, 0.1) is 18.3 Å². The lowest BCUT2D eigenvalue weighted by atomic mass is 10.1. The molecule has 2 rings (SSSR count). The molecule has 0 spiro atoms. The van der Waals surface area contributed by atoms with E-state index < -0.39 is 0 Å². The van der Waals surface area contributed by atoms with E-state index in [1.54, 1.807) is 6.07 Å². The van der Waals surface area contributed by atoms with Crippen molar-refractivity contribution in [1.82, 2.24) is 0 Å². The lowest BCUT2D eigenvalue weighted by molar-refractivity contribution is -0.0111. The minimum atomic E-state index is 0.177. The predicted molar refractivity (Wildman–Crippen MR) is 65.0 cm³/mol. The highest BCUT2D eigenvalue weighted by atomic mass is 16.5.